The van der Waals surface area contributed by atoms with Crippen LogP contribution in [0.3, 0.4) is 0 Å². The van der Waals surface area contributed by atoms with Crippen molar-refractivity contribution >= 4 is 0 Å². The molecule has 0 aromatic rings. The molecule has 2 aliphatic carbocycles. The molecular formula is C10H19N. The summed E-state index contributed by atoms with van der Waals surface area (Å²) >= 11 is 0. The molecule has 0 amide bonds. The molecule has 2 rings (SSSR count). The van der Waals surface area contributed by atoms with Gasteiger partial charge < -0.3 is 4.90 Å². The Kier molecular flexibility index (Phi) is 2.17. The lowest BCUT2D eigenvalue weighted by Gasteiger charge is -2.36. The molecule has 0 unspecified atom stereocenters. The van der Waals surface area contributed by atoms with Crippen molar-refractivity contribution < 1.29 is 0 Å². The monoisotopic (exact) mass is 153 g/mol. The van der Waals surface area contributed by atoms with Gasteiger partial charge in [0, 0.05) is 12.6 Å². The molecule has 11 heavy (non-hydrogen) atoms. The zero-order valence-corrected chi connectivity index (χ0v) is 7.55. The molecule has 0 heterocycles. The van der Waals surface area contributed by atoms with Crippen molar-refractivity contribution in [2.45, 2.75) is 45.1 Å². The van der Waals surface area contributed by atoms with E-state index in [1.807, 2.05) is 0 Å². The Labute approximate surface area is 69.8 Å². The fourth-order valence-corrected chi connectivity index (χ4v) is 1.92. The van der Waals surface area contributed by atoms with Crippen molar-refractivity contribution in [3.8, 4) is 0 Å². The first kappa shape index (κ1) is 7.60. The highest BCUT2D eigenvalue weighted by atomic mass is 15.2. The number of rotatable bonds is 4. The minimum absolute atomic E-state index is 0.973. The van der Waals surface area contributed by atoms with Gasteiger partial charge in [0.15, 0.2) is 0 Å². The summed E-state index contributed by atoms with van der Waals surface area (Å²) in [5.41, 5.74) is 0. The summed E-state index contributed by atoms with van der Waals surface area (Å²) in [6.45, 7) is 4.99. The second kappa shape index (κ2) is 3.14. The molecule has 0 aliphatic heterocycles. The van der Waals surface area contributed by atoms with Crippen molar-refractivity contribution in [3.63, 3.8) is 0 Å². The fraction of sp³-hybridized carbons (Fsp3) is 1.00. The first-order valence-corrected chi connectivity index (χ1v) is 5.14. The Bertz CT molecular complexity index is 125. The van der Waals surface area contributed by atoms with Crippen molar-refractivity contribution in [2.24, 2.45) is 5.92 Å². The summed E-state index contributed by atoms with van der Waals surface area (Å²) in [6.07, 6.45) is 7.43. The van der Waals surface area contributed by atoms with Crippen molar-refractivity contribution in [3.05, 3.63) is 0 Å². The van der Waals surface area contributed by atoms with Gasteiger partial charge in [0.2, 0.25) is 0 Å². The van der Waals surface area contributed by atoms with Crippen molar-refractivity contribution in [1.29, 1.82) is 0 Å². The maximum absolute atomic E-state index is 2.70. The van der Waals surface area contributed by atoms with E-state index in [1.165, 1.54) is 45.2 Å². The smallest absolute Gasteiger partial charge is 0.00952 e. The van der Waals surface area contributed by atoms with E-state index in [4.69, 9.17) is 0 Å². The highest BCUT2D eigenvalue weighted by Crippen LogP contribution is 2.33. The van der Waals surface area contributed by atoms with Gasteiger partial charge in [-0.25, -0.2) is 0 Å². The van der Waals surface area contributed by atoms with Gasteiger partial charge >= 0.3 is 0 Å². The van der Waals surface area contributed by atoms with Gasteiger partial charge in [0.1, 0.15) is 0 Å². The average molecular weight is 153 g/mol. The first-order valence-electron chi connectivity index (χ1n) is 5.14. The standard InChI is InChI=1S/C10H19N/c1-2-11(8-9-6-7-9)10-4-3-5-10/h9-10H,2-8H2,1H3. The molecule has 0 aromatic heterocycles. The van der Waals surface area contributed by atoms with Gasteiger partial charge in [-0.05, 0) is 38.1 Å². The van der Waals surface area contributed by atoms with Crippen molar-refractivity contribution in [2.75, 3.05) is 13.1 Å². The van der Waals surface area contributed by atoms with Gasteiger partial charge in [0.25, 0.3) is 0 Å². The Hall–Kier alpha value is -0.0400. The number of hydrogen-bond donors (Lipinski definition) is 0. The molecule has 2 saturated carbocycles. The highest BCUT2D eigenvalue weighted by Gasteiger charge is 2.29. The van der Waals surface area contributed by atoms with Gasteiger partial charge in [-0.1, -0.05) is 13.3 Å². The van der Waals surface area contributed by atoms with Crippen molar-refractivity contribution in [1.82, 2.24) is 4.90 Å². The lowest BCUT2D eigenvalue weighted by atomic mass is 9.91. The topological polar surface area (TPSA) is 3.24 Å². The van der Waals surface area contributed by atoms with Crippen LogP contribution in [-0.4, -0.2) is 24.0 Å². The van der Waals surface area contributed by atoms with Crippen LogP contribution in [0.15, 0.2) is 0 Å². The lowest BCUT2D eigenvalue weighted by molar-refractivity contribution is 0.128. The Morgan fingerprint density at radius 1 is 1.18 bits per heavy atom. The largest absolute Gasteiger partial charge is 0.300 e. The minimum Gasteiger partial charge on any atom is -0.300 e. The second-order valence-electron chi connectivity index (χ2n) is 4.12. The molecule has 2 aliphatic rings. The van der Waals surface area contributed by atoms with Gasteiger partial charge in [-0.2, -0.15) is 0 Å². The van der Waals surface area contributed by atoms with E-state index < -0.39 is 0 Å². The molecule has 0 atom stereocenters. The van der Waals surface area contributed by atoms with E-state index in [0.29, 0.717) is 0 Å². The van der Waals surface area contributed by atoms with Crippen LogP contribution >= 0.6 is 0 Å². The van der Waals surface area contributed by atoms with Crippen LogP contribution in [0.4, 0.5) is 0 Å². The molecular weight excluding hydrogens is 134 g/mol. The van der Waals surface area contributed by atoms with Gasteiger partial charge in [0.05, 0.1) is 0 Å². The number of nitrogens with zero attached hydrogens (tertiary/aromatic N) is 1. The van der Waals surface area contributed by atoms with Crippen LogP contribution in [0.5, 0.6) is 0 Å². The molecule has 1 nitrogen and oxygen atoms in total. The highest BCUT2D eigenvalue weighted by molar-refractivity contribution is 4.84. The summed E-state index contributed by atoms with van der Waals surface area (Å²) in [6, 6.07) is 0.973. The summed E-state index contributed by atoms with van der Waals surface area (Å²) in [5.74, 6) is 1.08. The summed E-state index contributed by atoms with van der Waals surface area (Å²) in [7, 11) is 0. The molecule has 0 N–H and O–H groups in total. The molecule has 2 fully saturated rings. The zero-order chi connectivity index (χ0) is 7.68. The van der Waals surface area contributed by atoms with E-state index in [1.54, 1.807) is 0 Å². The van der Waals surface area contributed by atoms with Gasteiger partial charge in [-0.15, -0.1) is 0 Å². The SMILES string of the molecule is CCN(CC1CC1)C1CCC1. The molecule has 0 spiro atoms. The first-order chi connectivity index (χ1) is 5.40. The normalized spacial score (nSPS) is 25.6. The maximum atomic E-state index is 2.70. The predicted molar refractivity (Wildman–Crippen MR) is 47.6 cm³/mol. The van der Waals surface area contributed by atoms with Crippen LogP contribution < -0.4 is 0 Å². The molecule has 0 aromatic carbocycles. The lowest BCUT2D eigenvalue weighted by Crippen LogP contribution is -2.41. The summed E-state index contributed by atoms with van der Waals surface area (Å²) in [4.78, 5) is 2.70. The van der Waals surface area contributed by atoms with Crippen LogP contribution in [0.2, 0.25) is 0 Å². The Morgan fingerprint density at radius 2 is 1.91 bits per heavy atom. The Balaban J connectivity index is 1.74. The Morgan fingerprint density at radius 3 is 2.27 bits per heavy atom. The summed E-state index contributed by atoms with van der Waals surface area (Å²) < 4.78 is 0. The predicted octanol–water partition coefficient (Wildman–Crippen LogP) is 2.27. The van der Waals surface area contributed by atoms with Crippen LogP contribution in [-0.2, 0) is 0 Å². The number of hydrogen-bond acceptors (Lipinski definition) is 1. The van der Waals surface area contributed by atoms with Crippen LogP contribution in [0.1, 0.15) is 39.0 Å². The molecule has 1 heteroatoms. The van der Waals surface area contributed by atoms with Crippen LogP contribution in [0, 0.1) is 5.92 Å². The average Bonchev–Trinajstić information content (AvgIpc) is 2.66. The van der Waals surface area contributed by atoms with Crippen LogP contribution in [0.25, 0.3) is 0 Å². The quantitative estimate of drug-likeness (QED) is 0.599. The molecule has 0 saturated heterocycles. The van der Waals surface area contributed by atoms with Gasteiger partial charge in [-0.3, -0.25) is 0 Å². The fourth-order valence-electron chi connectivity index (χ4n) is 1.92. The van der Waals surface area contributed by atoms with E-state index in [0.717, 1.165) is 12.0 Å². The van der Waals surface area contributed by atoms with E-state index in [-0.39, 0.29) is 0 Å². The minimum atomic E-state index is 0.973. The van der Waals surface area contributed by atoms with E-state index in [2.05, 4.69) is 11.8 Å². The summed E-state index contributed by atoms with van der Waals surface area (Å²) in [5, 5.41) is 0. The second-order valence-corrected chi connectivity index (χ2v) is 4.12. The van der Waals surface area contributed by atoms with E-state index in [9.17, 15) is 0 Å². The third kappa shape index (κ3) is 1.76. The molecule has 0 bridgehead atoms. The third-order valence-electron chi connectivity index (χ3n) is 3.19. The molecule has 64 valence electrons. The van der Waals surface area contributed by atoms with E-state index >= 15 is 0 Å². The maximum Gasteiger partial charge on any atom is 0.00952 e. The zero-order valence-electron chi connectivity index (χ0n) is 7.55. The molecule has 0 radical (unpaired) electrons. The third-order valence-corrected chi connectivity index (χ3v) is 3.19.